The second kappa shape index (κ2) is 12.7. The van der Waals surface area contributed by atoms with Crippen LogP contribution in [0.2, 0.25) is 0 Å². The van der Waals surface area contributed by atoms with Crippen LogP contribution in [0.4, 0.5) is 9.59 Å². The van der Waals surface area contributed by atoms with E-state index in [1.807, 2.05) is 30.3 Å². The summed E-state index contributed by atoms with van der Waals surface area (Å²) in [6.07, 6.45) is 1.77. The van der Waals surface area contributed by atoms with Gasteiger partial charge in [0.2, 0.25) is 0 Å². The van der Waals surface area contributed by atoms with Gasteiger partial charge in [-0.25, -0.2) is 9.59 Å². The maximum atomic E-state index is 13.0. The van der Waals surface area contributed by atoms with Crippen molar-refractivity contribution in [2.24, 2.45) is 5.73 Å². The Morgan fingerprint density at radius 3 is 2.50 bits per heavy atom. The Morgan fingerprint density at radius 2 is 1.87 bits per heavy atom. The third-order valence-corrected chi connectivity index (χ3v) is 5.09. The maximum absolute atomic E-state index is 13.0. The third-order valence-electron chi connectivity index (χ3n) is 5.09. The fraction of sp³-hybridized carbons (Fsp3) is 0.571. The minimum Gasteiger partial charge on any atom is -0.436 e. The van der Waals surface area contributed by atoms with Crippen molar-refractivity contribution < 1.29 is 19.1 Å². The number of urea groups is 1. The van der Waals surface area contributed by atoms with Crippen molar-refractivity contribution in [3.05, 3.63) is 35.9 Å². The summed E-state index contributed by atoms with van der Waals surface area (Å²) >= 11 is 0. The number of amides is 4. The summed E-state index contributed by atoms with van der Waals surface area (Å²) < 4.78 is 5.48. The average Bonchev–Trinajstić information content (AvgIpc) is 2.78. The fourth-order valence-corrected chi connectivity index (χ4v) is 3.35. The third kappa shape index (κ3) is 7.90. The highest BCUT2D eigenvalue weighted by Crippen LogP contribution is 2.15. The predicted octanol–water partition coefficient (Wildman–Crippen LogP) is 1.33. The smallest absolute Gasteiger partial charge is 0.408 e. The molecule has 1 aromatic carbocycles. The lowest BCUT2D eigenvalue weighted by atomic mass is 10.0. The van der Waals surface area contributed by atoms with E-state index in [0.29, 0.717) is 51.9 Å². The van der Waals surface area contributed by atoms with E-state index in [0.717, 1.165) is 12.0 Å². The molecule has 2 rings (SSSR count). The van der Waals surface area contributed by atoms with Crippen molar-refractivity contribution in [3.63, 3.8) is 0 Å². The number of ether oxygens (including phenoxy) is 1. The molecular formula is C21H33N5O4. The van der Waals surface area contributed by atoms with Crippen molar-refractivity contribution in [2.45, 2.75) is 50.8 Å². The molecule has 5 N–H and O–H groups in total. The molecule has 9 heteroatoms. The van der Waals surface area contributed by atoms with Gasteiger partial charge in [-0.2, -0.15) is 0 Å². The number of carbonyl (C=O) groups is 3. The van der Waals surface area contributed by atoms with Gasteiger partial charge in [0, 0.05) is 32.7 Å². The standard InChI is InChI=1S/C21H33N5O4/c1-23-20(28)25-17-10-13-26(14-11-17)19(27)18(9-5-6-12-22)30-21(29)24-15-16-7-3-2-4-8-16/h2-4,7-8,17-18H,5-6,9-15,22H2,1H3,(H,24,29)(H2,23,25,28)/t18-/m1/s1. The summed E-state index contributed by atoms with van der Waals surface area (Å²) in [4.78, 5) is 38.4. The number of nitrogens with one attached hydrogen (secondary N) is 3. The number of carbonyl (C=O) groups excluding carboxylic acids is 3. The van der Waals surface area contributed by atoms with Crippen molar-refractivity contribution in [3.8, 4) is 0 Å². The van der Waals surface area contributed by atoms with Crippen molar-refractivity contribution in [1.82, 2.24) is 20.9 Å². The monoisotopic (exact) mass is 419 g/mol. The van der Waals surface area contributed by atoms with E-state index in [-0.39, 0.29) is 18.0 Å². The zero-order valence-electron chi connectivity index (χ0n) is 17.6. The molecule has 30 heavy (non-hydrogen) atoms. The molecule has 0 aromatic heterocycles. The lowest BCUT2D eigenvalue weighted by Gasteiger charge is -2.34. The molecule has 1 heterocycles. The molecule has 1 aromatic rings. The molecule has 1 atom stereocenters. The Bertz CT molecular complexity index is 677. The van der Waals surface area contributed by atoms with Crippen molar-refractivity contribution in [2.75, 3.05) is 26.7 Å². The van der Waals surface area contributed by atoms with E-state index in [1.54, 1.807) is 11.9 Å². The van der Waals surface area contributed by atoms with Crippen LogP contribution in [-0.2, 0) is 16.1 Å². The van der Waals surface area contributed by atoms with Crippen LogP contribution in [-0.4, -0.2) is 61.8 Å². The average molecular weight is 420 g/mol. The number of unbranched alkanes of at least 4 members (excludes halogenated alkanes) is 1. The van der Waals surface area contributed by atoms with Gasteiger partial charge in [-0.3, -0.25) is 4.79 Å². The number of hydrogen-bond acceptors (Lipinski definition) is 5. The van der Waals surface area contributed by atoms with Gasteiger partial charge in [0.25, 0.3) is 5.91 Å². The van der Waals surface area contributed by atoms with Gasteiger partial charge in [0.15, 0.2) is 6.10 Å². The van der Waals surface area contributed by atoms with Crippen LogP contribution < -0.4 is 21.7 Å². The van der Waals surface area contributed by atoms with Crippen molar-refractivity contribution >= 4 is 18.0 Å². The maximum Gasteiger partial charge on any atom is 0.408 e. The highest BCUT2D eigenvalue weighted by molar-refractivity contribution is 5.83. The minimum absolute atomic E-state index is 0.0276. The summed E-state index contributed by atoms with van der Waals surface area (Å²) in [6, 6.07) is 9.30. The topological polar surface area (TPSA) is 126 Å². The van der Waals surface area contributed by atoms with Gasteiger partial charge in [-0.05, 0) is 44.2 Å². The van der Waals surface area contributed by atoms with Crippen LogP contribution >= 0.6 is 0 Å². The highest BCUT2D eigenvalue weighted by Gasteiger charge is 2.30. The molecule has 9 nitrogen and oxygen atoms in total. The van der Waals surface area contributed by atoms with E-state index >= 15 is 0 Å². The number of rotatable bonds is 9. The quantitative estimate of drug-likeness (QED) is 0.449. The number of alkyl carbamates (subject to hydrolysis) is 1. The molecule has 0 radical (unpaired) electrons. The number of nitrogens with zero attached hydrogens (tertiary/aromatic N) is 1. The lowest BCUT2D eigenvalue weighted by Crippen LogP contribution is -2.51. The van der Waals surface area contributed by atoms with Crippen LogP contribution in [0.5, 0.6) is 0 Å². The van der Waals surface area contributed by atoms with Crippen LogP contribution in [0.3, 0.4) is 0 Å². The number of nitrogens with two attached hydrogens (primary N) is 1. The molecule has 0 spiro atoms. The minimum atomic E-state index is -0.837. The van der Waals surface area contributed by atoms with E-state index in [4.69, 9.17) is 10.5 Å². The number of piperidine rings is 1. The van der Waals surface area contributed by atoms with Gasteiger partial charge in [-0.15, -0.1) is 0 Å². The molecule has 0 aliphatic carbocycles. The van der Waals surface area contributed by atoms with Crippen LogP contribution in [0.25, 0.3) is 0 Å². The predicted molar refractivity (Wildman–Crippen MR) is 114 cm³/mol. The zero-order valence-corrected chi connectivity index (χ0v) is 17.6. The highest BCUT2D eigenvalue weighted by atomic mass is 16.6. The molecule has 1 saturated heterocycles. The van der Waals surface area contributed by atoms with E-state index in [2.05, 4.69) is 16.0 Å². The largest absolute Gasteiger partial charge is 0.436 e. The summed E-state index contributed by atoms with van der Waals surface area (Å²) in [5, 5.41) is 8.10. The van der Waals surface area contributed by atoms with Crippen molar-refractivity contribution in [1.29, 1.82) is 0 Å². The lowest BCUT2D eigenvalue weighted by molar-refractivity contribution is -0.141. The Hall–Kier alpha value is -2.81. The van der Waals surface area contributed by atoms with Gasteiger partial charge >= 0.3 is 12.1 Å². The Balaban J connectivity index is 1.87. The van der Waals surface area contributed by atoms with Crippen LogP contribution in [0.15, 0.2) is 30.3 Å². The molecular weight excluding hydrogens is 386 g/mol. The SMILES string of the molecule is CNC(=O)NC1CCN(C(=O)[C@@H](CCCCN)OC(=O)NCc2ccccc2)CC1. The van der Waals surface area contributed by atoms with Crippen LogP contribution in [0.1, 0.15) is 37.7 Å². The molecule has 4 amide bonds. The second-order valence-corrected chi connectivity index (χ2v) is 7.34. The Labute approximate surface area is 177 Å². The van der Waals surface area contributed by atoms with Crippen LogP contribution in [0, 0.1) is 0 Å². The molecule has 0 saturated carbocycles. The molecule has 0 bridgehead atoms. The van der Waals surface area contributed by atoms with Gasteiger partial charge in [0.1, 0.15) is 0 Å². The molecule has 1 aliphatic heterocycles. The Morgan fingerprint density at radius 1 is 1.17 bits per heavy atom. The normalized spacial score (nSPS) is 15.2. The second-order valence-electron chi connectivity index (χ2n) is 7.34. The van der Waals surface area contributed by atoms with E-state index in [9.17, 15) is 14.4 Å². The van der Waals surface area contributed by atoms with E-state index in [1.165, 1.54) is 0 Å². The summed E-state index contributed by atoms with van der Waals surface area (Å²) in [7, 11) is 1.57. The first-order chi connectivity index (χ1) is 14.5. The first-order valence-corrected chi connectivity index (χ1v) is 10.5. The zero-order chi connectivity index (χ0) is 21.8. The van der Waals surface area contributed by atoms with E-state index < -0.39 is 12.2 Å². The number of benzene rings is 1. The molecule has 166 valence electrons. The summed E-state index contributed by atoms with van der Waals surface area (Å²) in [5.74, 6) is -0.194. The molecule has 1 aliphatic rings. The fourth-order valence-electron chi connectivity index (χ4n) is 3.35. The van der Waals surface area contributed by atoms with Gasteiger partial charge in [-0.1, -0.05) is 30.3 Å². The number of likely N-dealkylation sites (tertiary alicyclic amines) is 1. The molecule has 0 unspecified atom stereocenters. The Kier molecular flexibility index (Phi) is 9.93. The summed E-state index contributed by atoms with van der Waals surface area (Å²) in [6.45, 7) is 1.88. The first-order valence-electron chi connectivity index (χ1n) is 10.5. The number of hydrogen-bond donors (Lipinski definition) is 4. The molecule has 1 fully saturated rings. The van der Waals surface area contributed by atoms with Gasteiger partial charge in [0.05, 0.1) is 0 Å². The summed E-state index contributed by atoms with van der Waals surface area (Å²) in [5.41, 5.74) is 6.51. The van der Waals surface area contributed by atoms with Gasteiger partial charge < -0.3 is 31.3 Å². The first kappa shape index (κ1) is 23.5.